The summed E-state index contributed by atoms with van der Waals surface area (Å²) in [6.07, 6.45) is 4.60. The zero-order valence-electron chi connectivity index (χ0n) is 10.6. The van der Waals surface area contributed by atoms with E-state index >= 15 is 0 Å². The van der Waals surface area contributed by atoms with Crippen LogP contribution in [0.1, 0.15) is 32.1 Å². The summed E-state index contributed by atoms with van der Waals surface area (Å²) in [6.45, 7) is 0. The van der Waals surface area contributed by atoms with E-state index in [4.69, 9.17) is 10.5 Å². The fourth-order valence-electron chi connectivity index (χ4n) is 2.47. The number of nitrogens with two attached hydrogens (primary N) is 1. The number of rotatable bonds is 3. The molecule has 2 N–H and O–H groups in total. The van der Waals surface area contributed by atoms with Gasteiger partial charge in [-0.25, -0.2) is 8.42 Å². The van der Waals surface area contributed by atoms with Crippen molar-refractivity contribution in [3.05, 3.63) is 18.2 Å². The third kappa shape index (κ3) is 2.46. The zero-order chi connectivity index (χ0) is 13.2. The average Bonchev–Trinajstić information content (AvgIpc) is 2.39. The number of hydrogen-bond acceptors (Lipinski definition) is 4. The molecule has 0 heterocycles. The van der Waals surface area contributed by atoms with Crippen molar-refractivity contribution in [1.29, 1.82) is 0 Å². The Morgan fingerprint density at radius 2 is 1.89 bits per heavy atom. The van der Waals surface area contributed by atoms with Crippen LogP contribution < -0.4 is 10.5 Å². The van der Waals surface area contributed by atoms with Gasteiger partial charge in [0, 0.05) is 11.8 Å². The van der Waals surface area contributed by atoms with Crippen molar-refractivity contribution in [2.75, 3.05) is 12.8 Å². The molecule has 1 aliphatic rings. The lowest BCUT2D eigenvalue weighted by atomic mass is 10.0. The number of benzene rings is 1. The maximum Gasteiger partial charge on any atom is 0.184 e. The van der Waals surface area contributed by atoms with E-state index in [1.807, 2.05) is 0 Å². The van der Waals surface area contributed by atoms with Gasteiger partial charge in [-0.2, -0.15) is 0 Å². The molecular formula is C13H19NO3S. The Bertz CT molecular complexity index is 519. The summed E-state index contributed by atoms with van der Waals surface area (Å²) in [5.74, 6) is 0.348. The lowest BCUT2D eigenvalue weighted by Gasteiger charge is -2.22. The first-order valence-electron chi connectivity index (χ1n) is 6.23. The van der Waals surface area contributed by atoms with Gasteiger partial charge in [0.25, 0.3) is 0 Å². The van der Waals surface area contributed by atoms with E-state index in [9.17, 15) is 8.42 Å². The minimum Gasteiger partial charge on any atom is -0.495 e. The molecule has 0 aliphatic heterocycles. The zero-order valence-corrected chi connectivity index (χ0v) is 11.4. The summed E-state index contributed by atoms with van der Waals surface area (Å²) in [6, 6.07) is 4.73. The first kappa shape index (κ1) is 13.2. The second kappa shape index (κ2) is 5.18. The molecule has 5 heteroatoms. The molecule has 0 aromatic heterocycles. The standard InChI is InChI=1S/C13H19NO3S/c1-17-12-9-10(14)7-8-13(12)18(15,16)11-5-3-2-4-6-11/h7-9,11H,2-6,14H2,1H3. The molecule has 100 valence electrons. The smallest absolute Gasteiger partial charge is 0.184 e. The van der Waals surface area contributed by atoms with Gasteiger partial charge in [-0.3, -0.25) is 0 Å². The van der Waals surface area contributed by atoms with Gasteiger partial charge in [-0.05, 0) is 25.0 Å². The molecule has 1 saturated carbocycles. The van der Waals surface area contributed by atoms with Gasteiger partial charge < -0.3 is 10.5 Å². The summed E-state index contributed by atoms with van der Waals surface area (Å²) in [5, 5.41) is -0.274. The number of hydrogen-bond donors (Lipinski definition) is 1. The molecule has 1 fully saturated rings. The topological polar surface area (TPSA) is 69.4 Å². The van der Waals surface area contributed by atoms with Gasteiger partial charge in [-0.1, -0.05) is 19.3 Å². The molecule has 4 nitrogen and oxygen atoms in total. The molecule has 0 bridgehead atoms. The van der Waals surface area contributed by atoms with Crippen LogP contribution >= 0.6 is 0 Å². The van der Waals surface area contributed by atoms with Crippen molar-refractivity contribution in [3.63, 3.8) is 0 Å². The van der Waals surface area contributed by atoms with Gasteiger partial charge in [-0.15, -0.1) is 0 Å². The largest absolute Gasteiger partial charge is 0.495 e. The highest BCUT2D eigenvalue weighted by Crippen LogP contribution is 2.34. The van der Waals surface area contributed by atoms with Crippen LogP contribution in [0, 0.1) is 0 Å². The Balaban J connectivity index is 2.40. The van der Waals surface area contributed by atoms with E-state index in [1.165, 1.54) is 7.11 Å². The molecule has 0 amide bonds. The molecule has 1 aliphatic carbocycles. The molecule has 0 spiro atoms. The highest BCUT2D eigenvalue weighted by molar-refractivity contribution is 7.92. The Morgan fingerprint density at radius 3 is 2.50 bits per heavy atom. The van der Waals surface area contributed by atoms with Crippen LogP contribution in [0.2, 0.25) is 0 Å². The Labute approximate surface area is 108 Å². The van der Waals surface area contributed by atoms with Crippen LogP contribution in [-0.2, 0) is 9.84 Å². The molecule has 0 radical (unpaired) electrons. The minimum atomic E-state index is -3.30. The van der Waals surface area contributed by atoms with Crippen LogP contribution in [0.25, 0.3) is 0 Å². The normalized spacial score (nSPS) is 17.6. The van der Waals surface area contributed by atoms with Crippen molar-refractivity contribution in [3.8, 4) is 5.75 Å². The van der Waals surface area contributed by atoms with E-state index in [2.05, 4.69) is 0 Å². The molecule has 0 unspecified atom stereocenters. The Kier molecular flexibility index (Phi) is 3.80. The van der Waals surface area contributed by atoms with Crippen molar-refractivity contribution < 1.29 is 13.2 Å². The van der Waals surface area contributed by atoms with Gasteiger partial charge >= 0.3 is 0 Å². The summed E-state index contributed by atoms with van der Waals surface area (Å²) in [7, 11) is -1.84. The summed E-state index contributed by atoms with van der Waals surface area (Å²) >= 11 is 0. The van der Waals surface area contributed by atoms with E-state index < -0.39 is 9.84 Å². The SMILES string of the molecule is COc1cc(N)ccc1S(=O)(=O)C1CCCCC1. The number of sulfone groups is 1. The molecule has 18 heavy (non-hydrogen) atoms. The lowest BCUT2D eigenvalue weighted by Crippen LogP contribution is -2.24. The first-order chi connectivity index (χ1) is 8.55. The lowest BCUT2D eigenvalue weighted by molar-refractivity contribution is 0.401. The Hall–Kier alpha value is -1.23. The first-order valence-corrected chi connectivity index (χ1v) is 7.78. The summed E-state index contributed by atoms with van der Waals surface area (Å²) in [5.41, 5.74) is 6.16. The van der Waals surface area contributed by atoms with E-state index in [-0.39, 0.29) is 10.1 Å². The van der Waals surface area contributed by atoms with Gasteiger partial charge in [0.1, 0.15) is 10.6 Å². The van der Waals surface area contributed by atoms with E-state index in [1.54, 1.807) is 18.2 Å². The van der Waals surface area contributed by atoms with Crippen LogP contribution in [0.4, 0.5) is 5.69 Å². The number of nitrogen functional groups attached to an aromatic ring is 1. The highest BCUT2D eigenvalue weighted by atomic mass is 32.2. The van der Waals surface area contributed by atoms with Crippen LogP contribution in [0.15, 0.2) is 23.1 Å². The van der Waals surface area contributed by atoms with Crippen molar-refractivity contribution in [1.82, 2.24) is 0 Å². The summed E-state index contributed by atoms with van der Waals surface area (Å²) in [4.78, 5) is 0.270. The predicted octanol–water partition coefficient (Wildman–Crippen LogP) is 2.38. The quantitative estimate of drug-likeness (QED) is 0.855. The molecule has 1 aromatic carbocycles. The van der Waals surface area contributed by atoms with E-state index in [0.29, 0.717) is 11.4 Å². The van der Waals surface area contributed by atoms with Crippen LogP contribution in [0.3, 0.4) is 0 Å². The van der Waals surface area contributed by atoms with E-state index in [0.717, 1.165) is 32.1 Å². The van der Waals surface area contributed by atoms with Gasteiger partial charge in [0.05, 0.1) is 12.4 Å². The molecule has 0 saturated heterocycles. The Morgan fingerprint density at radius 1 is 1.22 bits per heavy atom. The van der Waals surface area contributed by atoms with Gasteiger partial charge in [0.2, 0.25) is 0 Å². The number of ether oxygens (including phenoxy) is 1. The maximum atomic E-state index is 12.6. The van der Waals surface area contributed by atoms with Gasteiger partial charge in [0.15, 0.2) is 9.84 Å². The second-order valence-electron chi connectivity index (χ2n) is 4.72. The summed E-state index contributed by atoms with van der Waals surface area (Å²) < 4.78 is 30.3. The second-order valence-corrected chi connectivity index (χ2v) is 6.91. The van der Waals surface area contributed by atoms with Crippen LogP contribution in [-0.4, -0.2) is 20.8 Å². The fraction of sp³-hybridized carbons (Fsp3) is 0.538. The van der Waals surface area contributed by atoms with Crippen molar-refractivity contribution in [2.45, 2.75) is 42.2 Å². The molecule has 1 aromatic rings. The predicted molar refractivity (Wildman–Crippen MR) is 71.5 cm³/mol. The van der Waals surface area contributed by atoms with Crippen molar-refractivity contribution in [2.24, 2.45) is 0 Å². The highest BCUT2D eigenvalue weighted by Gasteiger charge is 2.31. The third-order valence-electron chi connectivity index (χ3n) is 3.49. The van der Waals surface area contributed by atoms with Crippen LogP contribution in [0.5, 0.6) is 5.75 Å². The minimum absolute atomic E-state index is 0.270. The fourth-order valence-corrected chi connectivity index (χ4v) is 4.47. The van der Waals surface area contributed by atoms with Crippen molar-refractivity contribution >= 4 is 15.5 Å². The third-order valence-corrected chi connectivity index (χ3v) is 5.78. The molecule has 2 rings (SSSR count). The molecular weight excluding hydrogens is 250 g/mol. The number of anilines is 1. The monoisotopic (exact) mass is 269 g/mol. The molecule has 0 atom stereocenters. The average molecular weight is 269 g/mol. The maximum absolute atomic E-state index is 12.6. The number of methoxy groups -OCH3 is 1.